The van der Waals surface area contributed by atoms with Crippen molar-refractivity contribution < 1.29 is 19.1 Å². The molecular weight excluding hydrogens is 438 g/mol. The highest BCUT2D eigenvalue weighted by molar-refractivity contribution is 8.00. The summed E-state index contributed by atoms with van der Waals surface area (Å²) in [4.78, 5) is 28.3. The van der Waals surface area contributed by atoms with Crippen molar-refractivity contribution in [2.45, 2.75) is 23.6 Å². The first-order chi connectivity index (χ1) is 16.1. The minimum absolute atomic E-state index is 0.186. The molecule has 0 saturated carbocycles. The molecule has 2 aliphatic heterocycles. The number of carbonyl (C=O) groups excluding carboxylic acids is 2. The Hall–Kier alpha value is -3.65. The van der Waals surface area contributed by atoms with Crippen LogP contribution >= 0.6 is 11.8 Å². The van der Waals surface area contributed by atoms with Gasteiger partial charge in [0.05, 0.1) is 5.69 Å². The number of anilines is 2. The Labute approximate surface area is 196 Å². The number of carbonyl (C=O) groups is 2. The standard InChI is InChI=1S/C25H23N3O4S/c1-16-14-28(20-4-2-3-5-23(20)33-16)25(30)27-19-9-7-18(8-10-19)24(29)26-13-17-6-11-21-22(12-17)32-15-31-21/h2-12,16H,13-15H2,1H3,(H,26,29)(H,27,30)/t16-/m1/s1. The molecule has 0 saturated heterocycles. The lowest BCUT2D eigenvalue weighted by atomic mass is 10.1. The van der Waals surface area contributed by atoms with E-state index in [9.17, 15) is 9.59 Å². The molecule has 0 unspecified atom stereocenters. The molecule has 7 nitrogen and oxygen atoms in total. The van der Waals surface area contributed by atoms with E-state index in [1.807, 2.05) is 42.5 Å². The summed E-state index contributed by atoms with van der Waals surface area (Å²) in [6.07, 6.45) is 0. The van der Waals surface area contributed by atoms with Crippen molar-refractivity contribution in [2.75, 3.05) is 23.6 Å². The maximum Gasteiger partial charge on any atom is 0.326 e. The van der Waals surface area contributed by atoms with E-state index in [-0.39, 0.29) is 18.7 Å². The largest absolute Gasteiger partial charge is 0.454 e. The van der Waals surface area contributed by atoms with E-state index < -0.39 is 0 Å². The Morgan fingerprint density at radius 2 is 1.82 bits per heavy atom. The van der Waals surface area contributed by atoms with Crippen molar-refractivity contribution in [3.63, 3.8) is 0 Å². The van der Waals surface area contributed by atoms with Crippen LogP contribution in [-0.2, 0) is 6.54 Å². The second kappa shape index (κ2) is 9.07. The molecular formula is C25H23N3O4S. The highest BCUT2D eigenvalue weighted by Gasteiger charge is 2.26. The van der Waals surface area contributed by atoms with Gasteiger partial charge in [-0.05, 0) is 54.1 Å². The van der Waals surface area contributed by atoms with Gasteiger partial charge in [0.15, 0.2) is 11.5 Å². The summed E-state index contributed by atoms with van der Waals surface area (Å²) in [5, 5.41) is 6.15. The molecule has 1 atom stereocenters. The summed E-state index contributed by atoms with van der Waals surface area (Å²) in [7, 11) is 0. The normalized spacial score (nSPS) is 16.2. The van der Waals surface area contributed by atoms with Gasteiger partial charge in [0.1, 0.15) is 0 Å². The van der Waals surface area contributed by atoms with Crippen LogP contribution in [0.4, 0.5) is 16.2 Å². The molecule has 3 amide bonds. The molecule has 3 aromatic rings. The van der Waals surface area contributed by atoms with Crippen LogP contribution in [0.5, 0.6) is 11.5 Å². The second-order valence-corrected chi connectivity index (χ2v) is 9.36. The summed E-state index contributed by atoms with van der Waals surface area (Å²) in [6, 6.07) is 20.2. The number of para-hydroxylation sites is 1. The van der Waals surface area contributed by atoms with E-state index in [1.165, 1.54) is 0 Å². The number of fused-ring (bicyclic) bond motifs is 2. The minimum atomic E-state index is -0.193. The van der Waals surface area contributed by atoms with Crippen molar-refractivity contribution in [1.82, 2.24) is 5.32 Å². The average molecular weight is 462 g/mol. The fraction of sp³-hybridized carbons (Fsp3) is 0.200. The SMILES string of the molecule is C[C@@H]1CN(C(=O)Nc2ccc(C(=O)NCc3ccc4c(c3)OCO4)cc2)c2ccccc2S1. The maximum atomic E-state index is 12.9. The Kier molecular flexibility index (Phi) is 5.83. The van der Waals surface area contributed by atoms with Crippen LogP contribution in [-0.4, -0.2) is 30.5 Å². The predicted octanol–water partition coefficient (Wildman–Crippen LogP) is 4.88. The van der Waals surface area contributed by atoms with Crippen LogP contribution < -0.4 is 25.0 Å². The van der Waals surface area contributed by atoms with Gasteiger partial charge >= 0.3 is 6.03 Å². The van der Waals surface area contributed by atoms with Gasteiger partial charge in [-0.1, -0.05) is 25.1 Å². The molecule has 3 aromatic carbocycles. The maximum absolute atomic E-state index is 12.9. The number of hydrogen-bond acceptors (Lipinski definition) is 5. The summed E-state index contributed by atoms with van der Waals surface area (Å²) >= 11 is 1.77. The highest BCUT2D eigenvalue weighted by Crippen LogP contribution is 2.38. The molecule has 0 fully saturated rings. The first-order valence-electron chi connectivity index (χ1n) is 10.7. The van der Waals surface area contributed by atoms with Crippen molar-refractivity contribution >= 4 is 35.1 Å². The van der Waals surface area contributed by atoms with Gasteiger partial charge in [-0.15, -0.1) is 11.8 Å². The number of amides is 3. The molecule has 0 radical (unpaired) electrons. The van der Waals surface area contributed by atoms with E-state index in [0.29, 0.717) is 41.1 Å². The molecule has 0 bridgehead atoms. The molecule has 168 valence electrons. The molecule has 0 aliphatic carbocycles. The van der Waals surface area contributed by atoms with E-state index >= 15 is 0 Å². The third kappa shape index (κ3) is 4.61. The van der Waals surface area contributed by atoms with Crippen LogP contribution in [0.25, 0.3) is 0 Å². The number of ether oxygens (including phenoxy) is 2. The van der Waals surface area contributed by atoms with Crippen LogP contribution in [0.2, 0.25) is 0 Å². The first-order valence-corrected chi connectivity index (χ1v) is 11.6. The lowest BCUT2D eigenvalue weighted by Gasteiger charge is -2.32. The van der Waals surface area contributed by atoms with E-state index in [1.54, 1.807) is 40.9 Å². The fourth-order valence-electron chi connectivity index (χ4n) is 3.81. The zero-order valence-electron chi connectivity index (χ0n) is 18.0. The number of urea groups is 1. The van der Waals surface area contributed by atoms with Crippen molar-refractivity contribution in [2.24, 2.45) is 0 Å². The lowest BCUT2D eigenvalue weighted by molar-refractivity contribution is 0.0951. The van der Waals surface area contributed by atoms with Gasteiger partial charge < -0.3 is 20.1 Å². The number of nitrogens with one attached hydrogen (secondary N) is 2. The molecule has 0 spiro atoms. The molecule has 2 aliphatic rings. The van der Waals surface area contributed by atoms with Crippen LogP contribution in [0.3, 0.4) is 0 Å². The van der Waals surface area contributed by atoms with E-state index in [0.717, 1.165) is 16.1 Å². The summed E-state index contributed by atoms with van der Waals surface area (Å²) in [5.74, 6) is 1.21. The summed E-state index contributed by atoms with van der Waals surface area (Å²) < 4.78 is 10.7. The zero-order valence-corrected chi connectivity index (χ0v) is 18.9. The number of thioether (sulfide) groups is 1. The van der Waals surface area contributed by atoms with Crippen LogP contribution in [0.15, 0.2) is 71.6 Å². The van der Waals surface area contributed by atoms with Crippen LogP contribution in [0, 0.1) is 0 Å². The van der Waals surface area contributed by atoms with Crippen molar-refractivity contribution in [1.29, 1.82) is 0 Å². The van der Waals surface area contributed by atoms with Gasteiger partial charge in [-0.2, -0.15) is 0 Å². The molecule has 0 aromatic heterocycles. The van der Waals surface area contributed by atoms with Crippen molar-refractivity contribution in [3.05, 3.63) is 77.9 Å². The lowest BCUT2D eigenvalue weighted by Crippen LogP contribution is -2.41. The predicted molar refractivity (Wildman–Crippen MR) is 128 cm³/mol. The van der Waals surface area contributed by atoms with E-state index in [2.05, 4.69) is 17.6 Å². The monoisotopic (exact) mass is 461 g/mol. The van der Waals surface area contributed by atoms with E-state index in [4.69, 9.17) is 9.47 Å². The molecule has 2 heterocycles. The Morgan fingerprint density at radius 3 is 2.67 bits per heavy atom. The second-order valence-electron chi connectivity index (χ2n) is 7.88. The van der Waals surface area contributed by atoms with Crippen molar-refractivity contribution in [3.8, 4) is 11.5 Å². The van der Waals surface area contributed by atoms with Gasteiger partial charge in [0, 0.05) is 34.5 Å². The number of rotatable bonds is 4. The van der Waals surface area contributed by atoms with Crippen LogP contribution in [0.1, 0.15) is 22.8 Å². The fourth-order valence-corrected chi connectivity index (χ4v) is 4.93. The van der Waals surface area contributed by atoms with Gasteiger partial charge in [-0.3, -0.25) is 9.69 Å². The third-order valence-corrected chi connectivity index (χ3v) is 6.61. The zero-order chi connectivity index (χ0) is 22.8. The average Bonchev–Trinajstić information content (AvgIpc) is 3.30. The van der Waals surface area contributed by atoms with Gasteiger partial charge in [-0.25, -0.2) is 4.79 Å². The Morgan fingerprint density at radius 1 is 1.03 bits per heavy atom. The summed E-state index contributed by atoms with van der Waals surface area (Å²) in [5.41, 5.74) is 2.99. The highest BCUT2D eigenvalue weighted by atomic mass is 32.2. The molecule has 2 N–H and O–H groups in total. The smallest absolute Gasteiger partial charge is 0.326 e. The third-order valence-electron chi connectivity index (χ3n) is 5.46. The van der Waals surface area contributed by atoms with Gasteiger partial charge in [0.2, 0.25) is 6.79 Å². The number of hydrogen-bond donors (Lipinski definition) is 2. The Bertz CT molecular complexity index is 1200. The minimum Gasteiger partial charge on any atom is -0.454 e. The first kappa shape index (κ1) is 21.2. The molecule has 8 heteroatoms. The topological polar surface area (TPSA) is 79.9 Å². The quantitative estimate of drug-likeness (QED) is 0.579. The molecule has 33 heavy (non-hydrogen) atoms. The molecule has 5 rings (SSSR count). The number of nitrogens with zero attached hydrogens (tertiary/aromatic N) is 1. The van der Waals surface area contributed by atoms with Gasteiger partial charge in [0.25, 0.3) is 5.91 Å². The Balaban J connectivity index is 1.20. The summed E-state index contributed by atoms with van der Waals surface area (Å²) in [6.45, 7) is 3.33. The number of benzene rings is 3.